The number of para-hydroxylation sites is 1. The highest BCUT2D eigenvalue weighted by molar-refractivity contribution is 7.20. The highest BCUT2D eigenvalue weighted by Gasteiger charge is 2.47. The number of hydrogen-bond donors (Lipinski definition) is 0. The third-order valence-electron chi connectivity index (χ3n) is 11.8. The summed E-state index contributed by atoms with van der Waals surface area (Å²) < 4.78 is 369. The number of benzene rings is 6. The molecule has 0 atom stereocenters. The Hall–Kier alpha value is -7.36. The van der Waals surface area contributed by atoms with Gasteiger partial charge in [0.15, 0.2) is 6.20 Å². The molecule has 0 amide bonds. The first-order valence-corrected chi connectivity index (χ1v) is 21.1. The topological polar surface area (TPSA) is 20.9 Å². The molecule has 0 fully saturated rings. The average Bonchev–Trinajstić information content (AvgIpc) is 3.45. The number of carbonyl (C=O) groups is 1. The van der Waals surface area contributed by atoms with E-state index in [4.69, 9.17) is 0 Å². The van der Waals surface area contributed by atoms with Crippen LogP contribution in [0.5, 0.6) is 0 Å². The van der Waals surface area contributed by atoms with Gasteiger partial charge in [0.2, 0.25) is 17.8 Å². The maximum absolute atomic E-state index is 14.2. The van der Waals surface area contributed by atoms with Crippen molar-refractivity contribution in [2.24, 2.45) is 0 Å². The second kappa shape index (κ2) is 20.5. The lowest BCUT2D eigenvalue weighted by Gasteiger charge is -2.46. The number of rotatable bonds is 7. The number of alkyl halides is 24. The molecule has 0 N–H and O–H groups in total. The summed E-state index contributed by atoms with van der Waals surface area (Å²) in [6.45, 7) is 0.00387. The lowest BCUT2D eigenvalue weighted by atomic mass is 9.12. The van der Waals surface area contributed by atoms with Gasteiger partial charge in [-0.2, -0.15) is 132 Å². The van der Waals surface area contributed by atoms with Crippen LogP contribution in [0.2, 0.25) is 0 Å². The number of carbonyl (C=O) groups excluding carboxylic acids is 1. The van der Waals surface area contributed by atoms with Gasteiger partial charge in [0.1, 0.15) is 17.8 Å². The number of Topliss-reactive ketones (excluding diaryl/α,β-unsaturated/α-hetero) is 1. The highest BCUT2D eigenvalue weighted by Crippen LogP contribution is 2.41. The molecule has 0 aliphatic carbocycles. The van der Waals surface area contributed by atoms with E-state index < -0.39 is 212 Å². The predicted molar refractivity (Wildman–Crippen MR) is 225 cm³/mol. The third kappa shape index (κ3) is 13.1. The van der Waals surface area contributed by atoms with Crippen LogP contribution >= 0.6 is 0 Å². The minimum Gasteiger partial charge on any atom is -0.287 e. The Morgan fingerprint density at radius 1 is 0.359 bits per heavy atom. The first-order valence-electron chi connectivity index (χ1n) is 21.1. The summed E-state index contributed by atoms with van der Waals surface area (Å²) in [7, 11) is 0. The van der Waals surface area contributed by atoms with E-state index >= 15 is 0 Å². The third-order valence-corrected chi connectivity index (χ3v) is 11.8. The molecule has 1 heterocycles. The van der Waals surface area contributed by atoms with Crippen molar-refractivity contribution in [3.8, 4) is 0 Å². The predicted octanol–water partition coefficient (Wildman–Crippen LogP) is 14.5. The van der Waals surface area contributed by atoms with Crippen molar-refractivity contribution in [2.75, 3.05) is 0 Å². The average molecular weight is 1150 g/mol. The highest BCUT2D eigenvalue weighted by atomic mass is 19.4. The fourth-order valence-corrected chi connectivity index (χ4v) is 8.38. The molecule has 29 heteroatoms. The van der Waals surface area contributed by atoms with Gasteiger partial charge in [-0.15, -0.1) is 0 Å². The van der Waals surface area contributed by atoms with E-state index in [9.17, 15) is 119 Å². The van der Waals surface area contributed by atoms with Crippen LogP contribution in [0.3, 0.4) is 0 Å². The molecular weight excluding hydrogens is 1120 g/mol. The lowest BCUT2D eigenvalue weighted by Crippen LogP contribution is -2.75. The maximum Gasteiger partial charge on any atom is 0.416 e. The number of pyridine rings is 1. The summed E-state index contributed by atoms with van der Waals surface area (Å²) in [5, 5.41) is 0.993. The second-order valence-corrected chi connectivity index (χ2v) is 17.0. The number of fused-ring (bicyclic) bond motifs is 1. The minimum atomic E-state index is -6.13. The van der Waals surface area contributed by atoms with Gasteiger partial charge in [-0.1, -0.05) is 60.7 Å². The molecular formula is C49H24BF26NO. The first-order chi connectivity index (χ1) is 35.4. The summed E-state index contributed by atoms with van der Waals surface area (Å²) in [5.74, 6) is -1.92. The Kier molecular flexibility index (Phi) is 15.7. The zero-order valence-electron chi connectivity index (χ0n) is 37.7. The quantitative estimate of drug-likeness (QED) is 0.0674. The molecule has 0 radical (unpaired) electrons. The molecule has 1 aromatic heterocycles. The molecule has 0 bridgehead atoms. The van der Waals surface area contributed by atoms with Gasteiger partial charge >= 0.3 is 49.4 Å². The number of aromatic nitrogens is 1. The Morgan fingerprint density at radius 2 is 0.641 bits per heavy atom. The number of nitrogens with zero attached hydrogens (tertiary/aromatic N) is 1. The Balaban J connectivity index is 0.000000387. The van der Waals surface area contributed by atoms with Crippen molar-refractivity contribution in [1.29, 1.82) is 0 Å². The van der Waals surface area contributed by atoms with Crippen molar-refractivity contribution < 1.29 is 124 Å². The monoisotopic (exact) mass is 1150 g/mol. The lowest BCUT2D eigenvalue weighted by molar-refractivity contribution is -0.657. The van der Waals surface area contributed by atoms with Gasteiger partial charge < -0.3 is 0 Å². The zero-order chi connectivity index (χ0) is 58.7. The van der Waals surface area contributed by atoms with Crippen LogP contribution in [0, 0.1) is 11.6 Å². The van der Waals surface area contributed by atoms with E-state index in [-0.39, 0.29) is 12.1 Å². The summed E-state index contributed by atoms with van der Waals surface area (Å²) in [4.78, 5) is 12.2. The molecule has 0 saturated heterocycles. The van der Waals surface area contributed by atoms with E-state index in [1.165, 1.54) is 6.07 Å². The summed E-state index contributed by atoms with van der Waals surface area (Å²) in [6, 6.07) is 5.57. The van der Waals surface area contributed by atoms with Crippen LogP contribution in [-0.2, 0) is 56.0 Å². The Morgan fingerprint density at radius 3 is 0.923 bits per heavy atom. The van der Waals surface area contributed by atoms with Crippen LogP contribution in [-0.4, -0.2) is 11.9 Å². The van der Waals surface area contributed by atoms with Crippen LogP contribution in [0.25, 0.3) is 10.9 Å². The van der Waals surface area contributed by atoms with Crippen LogP contribution in [0.1, 0.15) is 54.9 Å². The van der Waals surface area contributed by atoms with Crippen molar-refractivity contribution in [1.82, 2.24) is 0 Å². The number of ketones is 1. The molecule has 0 aliphatic rings. The van der Waals surface area contributed by atoms with Crippen LogP contribution in [0.15, 0.2) is 134 Å². The molecule has 2 nitrogen and oxygen atoms in total. The molecule has 0 unspecified atom stereocenters. The van der Waals surface area contributed by atoms with Crippen LogP contribution in [0.4, 0.5) is 114 Å². The van der Waals surface area contributed by atoms with E-state index in [0.29, 0.717) is 0 Å². The van der Waals surface area contributed by atoms with Gasteiger partial charge in [-0.3, -0.25) is 4.79 Å². The van der Waals surface area contributed by atoms with Gasteiger partial charge in [0.05, 0.1) is 50.1 Å². The molecule has 0 saturated carbocycles. The smallest absolute Gasteiger partial charge is 0.287 e. The van der Waals surface area contributed by atoms with Gasteiger partial charge in [0, 0.05) is 23.6 Å². The second-order valence-electron chi connectivity index (χ2n) is 17.0. The first kappa shape index (κ1) is 59.9. The van der Waals surface area contributed by atoms with E-state index in [1.807, 2.05) is 36.4 Å². The molecule has 78 heavy (non-hydrogen) atoms. The van der Waals surface area contributed by atoms with E-state index in [1.54, 1.807) is 10.8 Å². The molecule has 416 valence electrons. The summed E-state index contributed by atoms with van der Waals surface area (Å²) in [5.41, 5.74) is -29.4. The van der Waals surface area contributed by atoms with Crippen molar-refractivity contribution in [3.05, 3.63) is 195 Å². The van der Waals surface area contributed by atoms with Crippen molar-refractivity contribution in [3.63, 3.8) is 0 Å². The molecule has 7 aromatic rings. The molecule has 7 rings (SSSR count). The minimum absolute atomic E-state index is 0.00387. The zero-order valence-corrected chi connectivity index (χ0v) is 37.7. The van der Waals surface area contributed by atoms with Gasteiger partial charge in [-0.05, 0) is 48.5 Å². The Bertz CT molecular complexity index is 2930. The number of halogens is 26. The van der Waals surface area contributed by atoms with Crippen molar-refractivity contribution >= 4 is 44.7 Å². The van der Waals surface area contributed by atoms with Crippen molar-refractivity contribution in [2.45, 2.75) is 56.0 Å². The molecule has 6 aromatic carbocycles. The molecule has 0 spiro atoms. The van der Waals surface area contributed by atoms with Crippen LogP contribution < -0.4 is 26.4 Å². The standard InChI is InChI=1S/C32H12BF24.C17H12F2NO/c34-25(35,36)13-1-14(26(37,38)39)6-21(5-13)33(22-7-15(27(40,41)42)2-16(8-22)28(43,44)45,23-9-17(29(46,47)48)3-18(10-23)30(49,50)51)24-11-19(31(52,53)54)4-20(12-24)32(55,56)57;18-13-7-8-14(15(19)10-13)17(21)11-20-9-3-5-12-4-1-2-6-16(12)20/h1-12H;1-10H,11H2/q-1;+1. The maximum atomic E-state index is 14.2. The Labute approximate surface area is 419 Å². The van der Waals surface area contributed by atoms with Gasteiger partial charge in [0.25, 0.3) is 0 Å². The fourth-order valence-electron chi connectivity index (χ4n) is 8.38. The van der Waals surface area contributed by atoms with E-state index in [2.05, 4.69) is 0 Å². The van der Waals surface area contributed by atoms with E-state index in [0.717, 1.165) is 23.0 Å². The summed E-state index contributed by atoms with van der Waals surface area (Å²) in [6.07, 6.45) is -53.0. The van der Waals surface area contributed by atoms with Gasteiger partial charge in [-0.25, -0.2) is 8.78 Å². The number of hydrogen-bond acceptors (Lipinski definition) is 1. The normalized spacial score (nSPS) is 13.4. The largest absolute Gasteiger partial charge is 0.416 e. The SMILES string of the molecule is FC(F)(F)c1cc([B-](c2cc(C(F)(F)F)cc(C(F)(F)F)c2)(c2cc(C(F)(F)F)cc(C(F)(F)F)c2)c2cc(C(F)(F)F)cc(C(F)(F)F)c2)cc(C(F)(F)F)c1.O=C(C[n+]1cccc2ccccc21)c1ccc(F)cc1F. The fraction of sp³-hybridized carbons (Fsp3) is 0.184. The summed E-state index contributed by atoms with van der Waals surface area (Å²) >= 11 is 0. The molecule has 0 aliphatic heterocycles.